The van der Waals surface area contributed by atoms with Gasteiger partial charge in [-0.1, -0.05) is 13.8 Å². The third kappa shape index (κ3) is 4.51. The summed E-state index contributed by atoms with van der Waals surface area (Å²) in [6.07, 6.45) is 3.41. The van der Waals surface area contributed by atoms with Crippen molar-refractivity contribution in [2.24, 2.45) is 0 Å². The molecule has 2 saturated heterocycles. The van der Waals surface area contributed by atoms with Crippen molar-refractivity contribution in [3.8, 4) is 0 Å². The zero-order valence-electron chi connectivity index (χ0n) is 19.6. The van der Waals surface area contributed by atoms with Gasteiger partial charge in [-0.15, -0.1) is 11.3 Å². The van der Waals surface area contributed by atoms with Crippen molar-refractivity contribution in [2.75, 3.05) is 70.5 Å². The molecule has 0 radical (unpaired) electrons. The molecule has 2 fully saturated rings. The Labute approximate surface area is 200 Å². The van der Waals surface area contributed by atoms with E-state index in [1.807, 2.05) is 25.2 Å². The van der Waals surface area contributed by atoms with Gasteiger partial charge in [0.05, 0.1) is 25.1 Å². The van der Waals surface area contributed by atoms with Crippen molar-refractivity contribution in [2.45, 2.75) is 39.7 Å². The minimum absolute atomic E-state index is 0.482. The van der Waals surface area contributed by atoms with Gasteiger partial charge in [-0.2, -0.15) is 17.0 Å². The molecule has 9 nitrogen and oxygen atoms in total. The number of anilines is 1. The minimum atomic E-state index is -3.41. The summed E-state index contributed by atoms with van der Waals surface area (Å²) in [6, 6.07) is 0. The molecule has 0 saturated carbocycles. The maximum absolute atomic E-state index is 13.0. The molecule has 0 amide bonds. The first-order valence-electron chi connectivity index (χ1n) is 12.1. The van der Waals surface area contributed by atoms with E-state index in [2.05, 4.69) is 9.80 Å². The molecule has 4 heterocycles. The average Bonchev–Trinajstić information content (AvgIpc) is 3.41. The number of thiophene rings is 1. The molecule has 0 atom stereocenters. The first-order valence-corrected chi connectivity index (χ1v) is 14.3. The summed E-state index contributed by atoms with van der Waals surface area (Å²) in [5.74, 6) is 1.86. The Kier molecular flexibility index (Phi) is 6.88. The number of ether oxygens (including phenoxy) is 1. The van der Waals surface area contributed by atoms with E-state index in [0.29, 0.717) is 39.3 Å². The molecule has 1 aliphatic carbocycles. The van der Waals surface area contributed by atoms with E-state index >= 15 is 0 Å². The van der Waals surface area contributed by atoms with Crippen molar-refractivity contribution < 1.29 is 13.2 Å². The lowest BCUT2D eigenvalue weighted by atomic mass is 10.1. The monoisotopic (exact) mass is 494 g/mol. The molecular formula is C22H34N6O3S2. The normalized spacial score (nSPS) is 20.8. The molecule has 2 aromatic heterocycles. The highest BCUT2D eigenvalue weighted by atomic mass is 32.2. The van der Waals surface area contributed by atoms with Crippen LogP contribution in [0.1, 0.15) is 36.5 Å². The summed E-state index contributed by atoms with van der Waals surface area (Å²) >= 11 is 1.82. The van der Waals surface area contributed by atoms with E-state index in [1.54, 1.807) is 4.31 Å². The van der Waals surface area contributed by atoms with E-state index in [9.17, 15) is 8.42 Å². The maximum Gasteiger partial charge on any atom is 0.282 e. The van der Waals surface area contributed by atoms with Crippen LogP contribution in [-0.4, -0.2) is 97.5 Å². The Morgan fingerprint density at radius 2 is 1.73 bits per heavy atom. The number of hydrogen-bond acceptors (Lipinski definition) is 8. The molecule has 0 unspecified atom stereocenters. The molecule has 2 aromatic rings. The van der Waals surface area contributed by atoms with E-state index in [-0.39, 0.29) is 0 Å². The Hall–Kier alpha value is -1.37. The highest BCUT2D eigenvalue weighted by molar-refractivity contribution is 7.86. The predicted octanol–water partition coefficient (Wildman–Crippen LogP) is 1.72. The van der Waals surface area contributed by atoms with Crippen LogP contribution in [-0.2, 0) is 34.3 Å². The van der Waals surface area contributed by atoms with Gasteiger partial charge < -0.3 is 9.64 Å². The second-order valence-corrected chi connectivity index (χ2v) is 11.9. The molecule has 3 aliphatic rings. The van der Waals surface area contributed by atoms with Gasteiger partial charge >= 0.3 is 0 Å². The number of nitrogens with zero attached hydrogens (tertiary/aromatic N) is 6. The van der Waals surface area contributed by atoms with Gasteiger partial charge in [0.1, 0.15) is 16.5 Å². The zero-order valence-corrected chi connectivity index (χ0v) is 21.3. The Balaban J connectivity index is 1.42. The predicted molar refractivity (Wildman–Crippen MR) is 131 cm³/mol. The van der Waals surface area contributed by atoms with Crippen molar-refractivity contribution >= 4 is 37.6 Å². The fourth-order valence-electron chi connectivity index (χ4n) is 5.12. The van der Waals surface area contributed by atoms with E-state index in [1.165, 1.54) is 26.6 Å². The number of hydrogen-bond donors (Lipinski definition) is 0. The zero-order chi connectivity index (χ0) is 23.0. The fourth-order valence-corrected chi connectivity index (χ4v) is 8.00. The molecular weight excluding hydrogens is 460 g/mol. The summed E-state index contributed by atoms with van der Waals surface area (Å²) in [6.45, 7) is 11.1. The Morgan fingerprint density at radius 1 is 1.00 bits per heavy atom. The van der Waals surface area contributed by atoms with E-state index in [4.69, 9.17) is 14.7 Å². The van der Waals surface area contributed by atoms with Gasteiger partial charge in [0.25, 0.3) is 10.2 Å². The standard InChI is InChI=1S/C22H34N6O3S2/c1-3-27(4-2)33(29,30)28-10-8-26(9-11-28)21-20-17-6-5-7-18(17)32-22(20)24-19(23-21)16-25-12-14-31-15-13-25/h3-16H2,1-2H3. The Bertz CT molecular complexity index is 1090. The van der Waals surface area contributed by atoms with Crippen molar-refractivity contribution in [3.63, 3.8) is 0 Å². The van der Waals surface area contributed by atoms with Gasteiger partial charge in [-0.05, 0) is 24.8 Å². The lowest BCUT2D eigenvalue weighted by Crippen LogP contribution is -2.53. The molecule has 33 heavy (non-hydrogen) atoms. The summed E-state index contributed by atoms with van der Waals surface area (Å²) in [5.41, 5.74) is 1.42. The van der Waals surface area contributed by atoms with Crippen LogP contribution in [0.15, 0.2) is 0 Å². The highest BCUT2D eigenvalue weighted by Gasteiger charge is 2.33. The molecule has 0 N–H and O–H groups in total. The molecule has 11 heteroatoms. The molecule has 182 valence electrons. The third-order valence-electron chi connectivity index (χ3n) is 6.96. The van der Waals surface area contributed by atoms with Crippen LogP contribution in [0.5, 0.6) is 0 Å². The van der Waals surface area contributed by atoms with Crippen LogP contribution < -0.4 is 4.90 Å². The molecule has 5 rings (SSSR count). The third-order valence-corrected chi connectivity index (χ3v) is 10.3. The number of morpholine rings is 1. The van der Waals surface area contributed by atoms with Crippen LogP contribution in [0, 0.1) is 0 Å². The van der Waals surface area contributed by atoms with Crippen LogP contribution in [0.2, 0.25) is 0 Å². The van der Waals surface area contributed by atoms with Gasteiger partial charge in [-0.25, -0.2) is 9.97 Å². The topological polar surface area (TPSA) is 82.1 Å². The summed E-state index contributed by atoms with van der Waals surface area (Å²) in [5, 5.41) is 1.21. The van der Waals surface area contributed by atoms with Crippen LogP contribution in [0.3, 0.4) is 0 Å². The molecule has 0 spiro atoms. The van der Waals surface area contributed by atoms with Crippen molar-refractivity contribution in [3.05, 3.63) is 16.3 Å². The lowest BCUT2D eigenvalue weighted by molar-refractivity contribution is 0.0331. The fraction of sp³-hybridized carbons (Fsp3) is 0.727. The Morgan fingerprint density at radius 3 is 2.42 bits per heavy atom. The van der Waals surface area contributed by atoms with Gasteiger partial charge in [0, 0.05) is 57.2 Å². The van der Waals surface area contributed by atoms with Gasteiger partial charge in [0.2, 0.25) is 0 Å². The average molecular weight is 495 g/mol. The number of rotatable bonds is 7. The largest absolute Gasteiger partial charge is 0.379 e. The number of aromatic nitrogens is 2. The maximum atomic E-state index is 13.0. The number of piperazine rings is 1. The summed E-state index contributed by atoms with van der Waals surface area (Å²) in [4.78, 5) is 17.2. The molecule has 2 aliphatic heterocycles. The van der Waals surface area contributed by atoms with Crippen LogP contribution in [0.25, 0.3) is 10.2 Å². The first kappa shape index (κ1) is 23.4. The van der Waals surface area contributed by atoms with Crippen LogP contribution in [0.4, 0.5) is 5.82 Å². The minimum Gasteiger partial charge on any atom is -0.379 e. The highest BCUT2D eigenvalue weighted by Crippen LogP contribution is 2.41. The van der Waals surface area contributed by atoms with Gasteiger partial charge in [-0.3, -0.25) is 4.90 Å². The van der Waals surface area contributed by atoms with Gasteiger partial charge in [0.15, 0.2) is 0 Å². The van der Waals surface area contributed by atoms with Crippen LogP contribution >= 0.6 is 11.3 Å². The number of fused-ring (bicyclic) bond motifs is 3. The second-order valence-electron chi connectivity index (χ2n) is 8.87. The number of aryl methyl sites for hydroxylation is 2. The quantitative estimate of drug-likeness (QED) is 0.580. The lowest BCUT2D eigenvalue weighted by Gasteiger charge is -2.37. The smallest absolute Gasteiger partial charge is 0.282 e. The van der Waals surface area contributed by atoms with E-state index in [0.717, 1.165) is 62.2 Å². The second kappa shape index (κ2) is 9.71. The van der Waals surface area contributed by atoms with Crippen molar-refractivity contribution in [1.82, 2.24) is 23.5 Å². The SMILES string of the molecule is CCN(CC)S(=O)(=O)N1CCN(c2nc(CN3CCOCC3)nc3sc4c(c23)CCC4)CC1. The molecule has 0 bridgehead atoms. The molecule has 0 aromatic carbocycles. The summed E-state index contributed by atoms with van der Waals surface area (Å²) < 4.78 is 34.6. The summed E-state index contributed by atoms with van der Waals surface area (Å²) in [7, 11) is -3.41. The van der Waals surface area contributed by atoms with Crippen molar-refractivity contribution in [1.29, 1.82) is 0 Å². The van der Waals surface area contributed by atoms with E-state index < -0.39 is 10.2 Å². The first-order chi connectivity index (χ1) is 16.0.